The summed E-state index contributed by atoms with van der Waals surface area (Å²) >= 11 is 0. The van der Waals surface area contributed by atoms with Crippen molar-refractivity contribution in [3.8, 4) is 0 Å². The lowest BCUT2D eigenvalue weighted by molar-refractivity contribution is -0.187. The Bertz CT molecular complexity index is 673. The van der Waals surface area contributed by atoms with Crippen molar-refractivity contribution in [2.24, 2.45) is 17.8 Å². The standard InChI is InChI=1S/C19H23F3N2O3/c20-19(21,22)16-12-24(11-15(16)17(25)26)18(27)23-8-6-14(7-9-23)10-13-4-2-1-3-5-13/h1-5,14-16H,6-12H2,(H,25,26)/t15-,16-/m1/s1. The predicted molar refractivity (Wildman–Crippen MR) is 92.1 cm³/mol. The van der Waals surface area contributed by atoms with Crippen LogP contribution in [-0.4, -0.2) is 59.3 Å². The average molecular weight is 384 g/mol. The van der Waals surface area contributed by atoms with Gasteiger partial charge < -0.3 is 14.9 Å². The quantitative estimate of drug-likeness (QED) is 0.870. The molecule has 1 aromatic rings. The number of carboxylic acid groups (broad SMARTS) is 1. The molecule has 2 aliphatic rings. The van der Waals surface area contributed by atoms with Crippen LogP contribution in [0.5, 0.6) is 0 Å². The first kappa shape index (κ1) is 19.5. The average Bonchev–Trinajstić information content (AvgIpc) is 3.09. The van der Waals surface area contributed by atoms with Crippen LogP contribution >= 0.6 is 0 Å². The van der Waals surface area contributed by atoms with E-state index in [-0.39, 0.29) is 6.54 Å². The summed E-state index contributed by atoms with van der Waals surface area (Å²) in [7, 11) is 0. The van der Waals surface area contributed by atoms with Gasteiger partial charge in [-0.3, -0.25) is 4.79 Å². The Morgan fingerprint density at radius 3 is 2.19 bits per heavy atom. The number of rotatable bonds is 3. The van der Waals surface area contributed by atoms with Crippen molar-refractivity contribution in [3.05, 3.63) is 35.9 Å². The van der Waals surface area contributed by atoms with Crippen LogP contribution in [0.3, 0.4) is 0 Å². The first-order valence-electron chi connectivity index (χ1n) is 9.13. The Morgan fingerprint density at radius 2 is 1.67 bits per heavy atom. The maximum Gasteiger partial charge on any atom is 0.394 e. The number of carboxylic acids is 1. The molecule has 2 atom stereocenters. The number of alkyl halides is 3. The SMILES string of the molecule is O=C(O)[C@@H]1CN(C(=O)N2CCC(Cc3ccccc3)CC2)C[C@H]1C(F)(F)F. The van der Waals surface area contributed by atoms with Gasteiger partial charge in [-0.05, 0) is 30.7 Å². The summed E-state index contributed by atoms with van der Waals surface area (Å²) in [6.45, 7) is 0.00798. The minimum Gasteiger partial charge on any atom is -0.481 e. The molecule has 1 N–H and O–H groups in total. The molecule has 0 aliphatic carbocycles. The van der Waals surface area contributed by atoms with Gasteiger partial charge in [0.2, 0.25) is 0 Å². The van der Waals surface area contributed by atoms with Gasteiger partial charge in [-0.2, -0.15) is 13.2 Å². The van der Waals surface area contributed by atoms with E-state index in [2.05, 4.69) is 12.1 Å². The second-order valence-corrected chi connectivity index (χ2v) is 7.40. The lowest BCUT2D eigenvalue weighted by Gasteiger charge is -2.34. The van der Waals surface area contributed by atoms with Gasteiger partial charge in [0.15, 0.2) is 0 Å². The van der Waals surface area contributed by atoms with Gasteiger partial charge >= 0.3 is 18.2 Å². The molecular weight excluding hydrogens is 361 g/mol. The van der Waals surface area contributed by atoms with Gasteiger partial charge in [0.1, 0.15) is 0 Å². The third-order valence-corrected chi connectivity index (χ3v) is 5.58. The van der Waals surface area contributed by atoms with E-state index in [4.69, 9.17) is 5.11 Å². The third-order valence-electron chi connectivity index (χ3n) is 5.58. The molecule has 0 unspecified atom stereocenters. The van der Waals surface area contributed by atoms with Gasteiger partial charge in [-0.1, -0.05) is 30.3 Å². The fraction of sp³-hybridized carbons (Fsp3) is 0.579. The zero-order valence-electron chi connectivity index (χ0n) is 14.9. The molecule has 0 radical (unpaired) electrons. The number of aliphatic carboxylic acids is 1. The van der Waals surface area contributed by atoms with Crippen molar-refractivity contribution in [2.75, 3.05) is 26.2 Å². The van der Waals surface area contributed by atoms with Gasteiger partial charge in [0.05, 0.1) is 11.8 Å². The summed E-state index contributed by atoms with van der Waals surface area (Å²) in [6.07, 6.45) is -2.12. The van der Waals surface area contributed by atoms with E-state index in [1.165, 1.54) is 5.56 Å². The Hall–Kier alpha value is -2.25. The Labute approximate surface area is 155 Å². The third kappa shape index (κ3) is 4.54. The summed E-state index contributed by atoms with van der Waals surface area (Å²) in [5, 5.41) is 9.08. The first-order chi connectivity index (χ1) is 12.8. The fourth-order valence-corrected chi connectivity index (χ4v) is 4.02. The highest BCUT2D eigenvalue weighted by Gasteiger charge is 2.54. The van der Waals surface area contributed by atoms with Crippen molar-refractivity contribution >= 4 is 12.0 Å². The van der Waals surface area contributed by atoms with Crippen LogP contribution in [0, 0.1) is 17.8 Å². The van der Waals surface area contributed by atoms with Crippen LogP contribution in [-0.2, 0) is 11.2 Å². The number of urea groups is 1. The van der Waals surface area contributed by atoms with Crippen LogP contribution in [0.15, 0.2) is 30.3 Å². The molecule has 0 bridgehead atoms. The molecule has 2 saturated heterocycles. The van der Waals surface area contributed by atoms with Crippen molar-refractivity contribution in [3.63, 3.8) is 0 Å². The van der Waals surface area contributed by atoms with Crippen molar-refractivity contribution in [1.29, 1.82) is 0 Å². The topological polar surface area (TPSA) is 60.9 Å². The van der Waals surface area contributed by atoms with Gasteiger partial charge in [-0.25, -0.2) is 4.79 Å². The molecule has 2 amide bonds. The fourth-order valence-electron chi connectivity index (χ4n) is 4.02. The van der Waals surface area contributed by atoms with E-state index in [9.17, 15) is 22.8 Å². The molecule has 8 heteroatoms. The Morgan fingerprint density at radius 1 is 1.04 bits per heavy atom. The number of carbonyl (C=O) groups excluding carboxylic acids is 1. The number of likely N-dealkylation sites (tertiary alicyclic amines) is 2. The number of benzene rings is 1. The monoisotopic (exact) mass is 384 g/mol. The number of amides is 2. The highest BCUT2D eigenvalue weighted by atomic mass is 19.4. The molecule has 0 aromatic heterocycles. The minimum atomic E-state index is -4.62. The molecule has 1 aromatic carbocycles. The van der Waals surface area contributed by atoms with Crippen LogP contribution in [0.25, 0.3) is 0 Å². The highest BCUT2D eigenvalue weighted by Crippen LogP contribution is 2.38. The molecule has 148 valence electrons. The van der Waals surface area contributed by atoms with Crippen LogP contribution in [0.4, 0.5) is 18.0 Å². The van der Waals surface area contributed by atoms with Gasteiger partial charge in [0.25, 0.3) is 0 Å². The summed E-state index contributed by atoms with van der Waals surface area (Å²) < 4.78 is 39.3. The Kier molecular flexibility index (Phi) is 5.62. The summed E-state index contributed by atoms with van der Waals surface area (Å²) in [4.78, 5) is 26.4. The second kappa shape index (κ2) is 7.78. The largest absolute Gasteiger partial charge is 0.481 e. The minimum absolute atomic E-state index is 0.387. The van der Waals surface area contributed by atoms with Gasteiger partial charge in [-0.15, -0.1) is 0 Å². The van der Waals surface area contributed by atoms with Crippen molar-refractivity contribution < 1.29 is 27.9 Å². The van der Waals surface area contributed by atoms with Crippen LogP contribution < -0.4 is 0 Å². The van der Waals surface area contributed by atoms with Crippen LogP contribution in [0.2, 0.25) is 0 Å². The molecule has 27 heavy (non-hydrogen) atoms. The zero-order chi connectivity index (χ0) is 19.6. The Balaban J connectivity index is 1.55. The summed E-state index contributed by atoms with van der Waals surface area (Å²) in [5.74, 6) is -4.67. The molecule has 3 rings (SSSR count). The normalized spacial score (nSPS) is 24.3. The van der Waals surface area contributed by atoms with E-state index >= 15 is 0 Å². The van der Waals surface area contributed by atoms with Crippen molar-refractivity contribution in [2.45, 2.75) is 25.4 Å². The second-order valence-electron chi connectivity index (χ2n) is 7.40. The molecule has 0 spiro atoms. The van der Waals surface area contributed by atoms with Gasteiger partial charge in [0, 0.05) is 26.2 Å². The van der Waals surface area contributed by atoms with E-state index in [0.717, 1.165) is 24.2 Å². The van der Waals surface area contributed by atoms with Crippen molar-refractivity contribution in [1.82, 2.24) is 9.80 Å². The molecule has 2 heterocycles. The lowest BCUT2D eigenvalue weighted by Crippen LogP contribution is -2.46. The maximum atomic E-state index is 13.1. The van der Waals surface area contributed by atoms with E-state index < -0.39 is 36.6 Å². The molecule has 5 nitrogen and oxygen atoms in total. The molecular formula is C19H23F3N2O3. The van der Waals surface area contributed by atoms with Crippen LogP contribution in [0.1, 0.15) is 18.4 Å². The number of carbonyl (C=O) groups is 2. The lowest BCUT2D eigenvalue weighted by atomic mass is 9.90. The predicted octanol–water partition coefficient (Wildman–Crippen LogP) is 3.26. The highest BCUT2D eigenvalue weighted by molar-refractivity contribution is 5.78. The maximum absolute atomic E-state index is 13.1. The van der Waals surface area contributed by atoms with E-state index in [1.54, 1.807) is 4.90 Å². The molecule has 0 saturated carbocycles. The summed E-state index contributed by atoms with van der Waals surface area (Å²) in [5.41, 5.74) is 1.24. The first-order valence-corrected chi connectivity index (χ1v) is 9.13. The zero-order valence-corrected chi connectivity index (χ0v) is 14.9. The van der Waals surface area contributed by atoms with E-state index in [0.29, 0.717) is 19.0 Å². The number of hydrogen-bond donors (Lipinski definition) is 1. The number of piperidine rings is 1. The number of halogens is 3. The smallest absolute Gasteiger partial charge is 0.394 e. The summed E-state index contributed by atoms with van der Waals surface area (Å²) in [6, 6.07) is 9.57. The number of hydrogen-bond acceptors (Lipinski definition) is 2. The van der Waals surface area contributed by atoms with E-state index in [1.807, 2.05) is 18.2 Å². The number of nitrogens with zero attached hydrogens (tertiary/aromatic N) is 2. The molecule has 2 aliphatic heterocycles. The molecule has 2 fully saturated rings.